The van der Waals surface area contributed by atoms with Crippen molar-refractivity contribution >= 4 is 45.2 Å². The SMILES string of the molecule is NC(=O)c1ccc2c([C@H](Cc3ccccc3)c3nc(-c4ccc5c(N)n[nH]c5c4)c(Cl)[nH]3)noc2c1. The van der Waals surface area contributed by atoms with E-state index in [1.165, 1.54) is 0 Å². The van der Waals surface area contributed by atoms with Gasteiger partial charge in [0.25, 0.3) is 0 Å². The Hall–Kier alpha value is -4.63. The van der Waals surface area contributed by atoms with Crippen molar-refractivity contribution in [2.45, 2.75) is 12.3 Å². The van der Waals surface area contributed by atoms with Crippen LogP contribution in [-0.4, -0.2) is 31.2 Å². The molecule has 9 nitrogen and oxygen atoms in total. The Morgan fingerprint density at radius 3 is 2.67 bits per heavy atom. The molecule has 0 saturated heterocycles. The van der Waals surface area contributed by atoms with Crippen LogP contribution < -0.4 is 11.5 Å². The van der Waals surface area contributed by atoms with Crippen LogP contribution in [0.4, 0.5) is 5.82 Å². The van der Waals surface area contributed by atoms with Crippen LogP contribution in [0.15, 0.2) is 71.3 Å². The fraction of sp³-hybridized carbons (Fsp3) is 0.0769. The van der Waals surface area contributed by atoms with E-state index >= 15 is 0 Å². The molecule has 6 rings (SSSR count). The summed E-state index contributed by atoms with van der Waals surface area (Å²) in [5.74, 6) is 0.239. The first-order chi connectivity index (χ1) is 17.5. The van der Waals surface area contributed by atoms with Gasteiger partial charge in [0.1, 0.15) is 22.4 Å². The number of H-pyrrole nitrogens is 2. The van der Waals surface area contributed by atoms with E-state index in [1.807, 2.05) is 48.5 Å². The molecule has 0 spiro atoms. The number of hydrogen-bond acceptors (Lipinski definition) is 6. The molecule has 0 fully saturated rings. The van der Waals surface area contributed by atoms with Crippen molar-refractivity contribution in [3.63, 3.8) is 0 Å². The van der Waals surface area contributed by atoms with Gasteiger partial charge < -0.3 is 21.0 Å². The summed E-state index contributed by atoms with van der Waals surface area (Å²) in [6, 6.07) is 20.8. The second-order valence-electron chi connectivity index (χ2n) is 8.54. The van der Waals surface area contributed by atoms with Gasteiger partial charge in [0.05, 0.1) is 11.4 Å². The molecule has 36 heavy (non-hydrogen) atoms. The Morgan fingerprint density at radius 2 is 1.86 bits per heavy atom. The first kappa shape index (κ1) is 21.9. The lowest BCUT2D eigenvalue weighted by molar-refractivity contribution is 0.100. The number of amides is 1. The molecule has 10 heteroatoms. The molecular formula is C26H20ClN7O2. The number of halogens is 1. The number of carbonyl (C=O) groups excluding carboxylic acids is 1. The minimum Gasteiger partial charge on any atom is -0.382 e. The maximum atomic E-state index is 11.6. The Morgan fingerprint density at radius 1 is 1.06 bits per heavy atom. The molecule has 6 N–H and O–H groups in total. The van der Waals surface area contributed by atoms with E-state index in [2.05, 4.69) is 20.3 Å². The molecule has 3 aromatic heterocycles. The molecule has 1 atom stereocenters. The van der Waals surface area contributed by atoms with E-state index in [4.69, 9.17) is 32.6 Å². The quantitative estimate of drug-likeness (QED) is 0.259. The van der Waals surface area contributed by atoms with Crippen molar-refractivity contribution in [3.8, 4) is 11.3 Å². The summed E-state index contributed by atoms with van der Waals surface area (Å²) < 4.78 is 5.60. The van der Waals surface area contributed by atoms with Gasteiger partial charge in [0.2, 0.25) is 5.91 Å². The Kier molecular flexibility index (Phi) is 5.19. The van der Waals surface area contributed by atoms with Crippen molar-refractivity contribution in [2.24, 2.45) is 5.73 Å². The van der Waals surface area contributed by atoms with Gasteiger partial charge in [-0.3, -0.25) is 9.89 Å². The summed E-state index contributed by atoms with van der Waals surface area (Å²) in [5.41, 5.74) is 16.1. The first-order valence-electron chi connectivity index (χ1n) is 11.2. The molecule has 0 radical (unpaired) electrons. The molecule has 0 aliphatic rings. The Bertz CT molecular complexity index is 1740. The number of fused-ring (bicyclic) bond motifs is 2. The van der Waals surface area contributed by atoms with E-state index in [1.54, 1.807) is 18.2 Å². The van der Waals surface area contributed by atoms with Gasteiger partial charge in [-0.1, -0.05) is 53.2 Å². The fourth-order valence-corrected chi connectivity index (χ4v) is 4.70. The highest BCUT2D eigenvalue weighted by Gasteiger charge is 2.27. The third-order valence-corrected chi connectivity index (χ3v) is 6.54. The molecule has 6 aromatic rings. The highest BCUT2D eigenvalue weighted by atomic mass is 35.5. The average molecular weight is 498 g/mol. The monoisotopic (exact) mass is 497 g/mol. The molecule has 3 heterocycles. The number of nitrogens with two attached hydrogens (primary N) is 2. The number of imidazole rings is 1. The number of aromatic nitrogens is 5. The topological polar surface area (TPSA) is 152 Å². The zero-order valence-electron chi connectivity index (χ0n) is 18.8. The summed E-state index contributed by atoms with van der Waals surface area (Å²) in [6.45, 7) is 0. The Labute approximate surface area is 209 Å². The van der Waals surface area contributed by atoms with Crippen LogP contribution in [0.3, 0.4) is 0 Å². The van der Waals surface area contributed by atoms with Gasteiger partial charge in [0.15, 0.2) is 11.4 Å². The van der Waals surface area contributed by atoms with Crippen molar-refractivity contribution in [1.82, 2.24) is 25.3 Å². The number of rotatable bonds is 6. The van der Waals surface area contributed by atoms with Crippen LogP contribution in [0, 0.1) is 0 Å². The molecule has 0 aliphatic heterocycles. The molecule has 0 saturated carbocycles. The summed E-state index contributed by atoms with van der Waals surface area (Å²) >= 11 is 6.65. The first-order valence-corrected chi connectivity index (χ1v) is 11.6. The molecule has 178 valence electrons. The summed E-state index contributed by atoms with van der Waals surface area (Å²) in [5, 5.41) is 13.3. The summed E-state index contributed by atoms with van der Waals surface area (Å²) in [6.07, 6.45) is 0.597. The third-order valence-electron chi connectivity index (χ3n) is 6.27. The van der Waals surface area contributed by atoms with Gasteiger partial charge in [0, 0.05) is 21.9 Å². The molecular weight excluding hydrogens is 478 g/mol. The van der Waals surface area contributed by atoms with Gasteiger partial charge in [-0.25, -0.2) is 4.98 Å². The van der Waals surface area contributed by atoms with Crippen LogP contribution in [0.1, 0.15) is 33.4 Å². The van der Waals surface area contributed by atoms with Crippen molar-refractivity contribution < 1.29 is 9.32 Å². The molecule has 1 amide bonds. The molecule has 0 bridgehead atoms. The number of primary amides is 1. The summed E-state index contributed by atoms with van der Waals surface area (Å²) in [7, 11) is 0. The maximum absolute atomic E-state index is 11.6. The highest BCUT2D eigenvalue weighted by molar-refractivity contribution is 6.32. The van der Waals surface area contributed by atoms with Gasteiger partial charge in [-0.05, 0) is 42.3 Å². The molecule has 3 aromatic carbocycles. The number of hydrogen-bond donors (Lipinski definition) is 4. The summed E-state index contributed by atoms with van der Waals surface area (Å²) in [4.78, 5) is 19.8. The standard InChI is InChI=1S/C26H20ClN7O2/c27-23-21(14-6-8-16-19(11-14)32-33-24(16)28)30-26(31-23)18(10-13-4-2-1-3-5-13)22-17-9-7-15(25(29)35)12-20(17)36-34-22/h1-9,11-12,18H,10H2,(H2,29,35)(H,30,31)(H3,28,32,33)/t18-/m0/s1. The molecule has 0 unspecified atom stereocenters. The smallest absolute Gasteiger partial charge is 0.248 e. The third kappa shape index (κ3) is 3.75. The lowest BCUT2D eigenvalue weighted by Gasteiger charge is -2.13. The maximum Gasteiger partial charge on any atom is 0.248 e. The van der Waals surface area contributed by atoms with E-state index in [-0.39, 0.29) is 5.92 Å². The van der Waals surface area contributed by atoms with Crippen molar-refractivity contribution in [1.29, 1.82) is 0 Å². The van der Waals surface area contributed by atoms with E-state index < -0.39 is 5.91 Å². The minimum atomic E-state index is -0.533. The zero-order chi connectivity index (χ0) is 24.8. The number of benzene rings is 3. The van der Waals surface area contributed by atoms with Crippen molar-refractivity contribution in [3.05, 3.63) is 94.5 Å². The number of anilines is 1. The number of carbonyl (C=O) groups is 1. The van der Waals surface area contributed by atoms with Crippen LogP contribution in [0.2, 0.25) is 5.15 Å². The number of nitrogens with zero attached hydrogens (tertiary/aromatic N) is 3. The van der Waals surface area contributed by atoms with Crippen LogP contribution in [0.25, 0.3) is 33.1 Å². The number of aromatic amines is 2. The normalized spacial score (nSPS) is 12.4. The van der Waals surface area contributed by atoms with Gasteiger partial charge in [-0.2, -0.15) is 5.10 Å². The highest BCUT2D eigenvalue weighted by Crippen LogP contribution is 2.36. The second-order valence-corrected chi connectivity index (χ2v) is 8.92. The van der Waals surface area contributed by atoms with Crippen LogP contribution in [0.5, 0.6) is 0 Å². The van der Waals surface area contributed by atoms with E-state index in [9.17, 15) is 4.79 Å². The lowest BCUT2D eigenvalue weighted by Crippen LogP contribution is -2.10. The van der Waals surface area contributed by atoms with E-state index in [0.29, 0.717) is 45.8 Å². The minimum absolute atomic E-state index is 0.300. The predicted molar refractivity (Wildman–Crippen MR) is 138 cm³/mol. The fourth-order valence-electron chi connectivity index (χ4n) is 4.45. The zero-order valence-corrected chi connectivity index (χ0v) is 19.6. The largest absolute Gasteiger partial charge is 0.382 e. The molecule has 0 aliphatic carbocycles. The van der Waals surface area contributed by atoms with Crippen molar-refractivity contribution in [2.75, 3.05) is 5.73 Å². The van der Waals surface area contributed by atoms with Gasteiger partial charge >= 0.3 is 0 Å². The Balaban J connectivity index is 1.46. The van der Waals surface area contributed by atoms with Gasteiger partial charge in [-0.15, -0.1) is 0 Å². The second kappa shape index (κ2) is 8.54. The van der Waals surface area contributed by atoms with Crippen LogP contribution in [-0.2, 0) is 6.42 Å². The average Bonchev–Trinajstić information content (AvgIpc) is 3.59. The van der Waals surface area contributed by atoms with E-state index in [0.717, 1.165) is 27.4 Å². The number of nitrogens with one attached hydrogen (secondary N) is 2. The predicted octanol–water partition coefficient (Wildman–Crippen LogP) is 4.80. The number of nitrogen functional groups attached to an aromatic ring is 1. The lowest BCUT2D eigenvalue weighted by atomic mass is 9.93. The van der Waals surface area contributed by atoms with Crippen LogP contribution >= 0.6 is 11.6 Å².